The Labute approximate surface area is 171 Å². The van der Waals surface area contributed by atoms with E-state index in [0.717, 1.165) is 0 Å². The first-order valence-electron chi connectivity index (χ1n) is 8.20. The molecule has 0 bridgehead atoms. The van der Waals surface area contributed by atoms with Gasteiger partial charge in [-0.3, -0.25) is 19.5 Å². The van der Waals surface area contributed by atoms with Crippen LogP contribution in [-0.2, 0) is 13.1 Å². The van der Waals surface area contributed by atoms with Gasteiger partial charge in [0.25, 0.3) is 0 Å². The lowest BCUT2D eigenvalue weighted by Crippen LogP contribution is -2.04. The summed E-state index contributed by atoms with van der Waals surface area (Å²) >= 11 is 7.31. The van der Waals surface area contributed by atoms with E-state index < -0.39 is 10.7 Å². The fraction of sp³-hybridized carbons (Fsp3) is 0.125. The molecule has 0 spiro atoms. The van der Waals surface area contributed by atoms with Gasteiger partial charge in [0.05, 0.1) is 18.0 Å². The number of benzene rings is 1. The summed E-state index contributed by atoms with van der Waals surface area (Å²) in [5, 5.41) is 31.5. The molecule has 0 aliphatic carbocycles. The quantitative estimate of drug-likeness (QED) is 0.349. The molecule has 0 fully saturated rings. The minimum Gasteiger partial charge on any atom is -0.313 e. The largest absolute Gasteiger partial charge is 0.313 e. The van der Waals surface area contributed by atoms with Crippen LogP contribution in [0, 0.1) is 15.9 Å². The molecule has 29 heavy (non-hydrogen) atoms. The molecule has 0 aliphatic rings. The third kappa shape index (κ3) is 4.38. The molecule has 3 aromatic heterocycles. The highest BCUT2D eigenvalue weighted by atomic mass is 35.5. The summed E-state index contributed by atoms with van der Waals surface area (Å²) in [5.74, 6) is 0.116. The average molecular weight is 435 g/mol. The Balaban J connectivity index is 1.41. The molecule has 0 radical (unpaired) electrons. The van der Waals surface area contributed by atoms with Crippen molar-refractivity contribution in [2.24, 2.45) is 0 Å². The molecule has 1 aromatic carbocycles. The molecule has 4 rings (SSSR count). The molecule has 0 aliphatic heterocycles. The molecule has 0 saturated heterocycles. The van der Waals surface area contributed by atoms with Gasteiger partial charge < -0.3 is 5.32 Å². The molecular formula is C16H12ClFN8O2S. The number of rotatable bonds is 7. The van der Waals surface area contributed by atoms with Crippen molar-refractivity contribution in [3.63, 3.8) is 0 Å². The summed E-state index contributed by atoms with van der Waals surface area (Å²) in [6.45, 7) is 0.444. The van der Waals surface area contributed by atoms with Gasteiger partial charge in [-0.25, -0.2) is 4.39 Å². The summed E-state index contributed by atoms with van der Waals surface area (Å²) in [4.78, 5) is 10.2. The van der Waals surface area contributed by atoms with Crippen LogP contribution in [0.15, 0.2) is 42.9 Å². The third-order valence-electron chi connectivity index (χ3n) is 3.85. The Morgan fingerprint density at radius 1 is 1.24 bits per heavy atom. The first kappa shape index (κ1) is 19.0. The maximum atomic E-state index is 13.9. The van der Waals surface area contributed by atoms with Gasteiger partial charge in [0.1, 0.15) is 23.2 Å². The lowest BCUT2D eigenvalue weighted by molar-refractivity contribution is -0.385. The fourth-order valence-electron chi connectivity index (χ4n) is 2.51. The highest BCUT2D eigenvalue weighted by Crippen LogP contribution is 2.23. The zero-order chi connectivity index (χ0) is 20.4. The van der Waals surface area contributed by atoms with Crippen molar-refractivity contribution >= 4 is 39.6 Å². The number of nitro groups is 1. The summed E-state index contributed by atoms with van der Waals surface area (Å²) in [6, 6.07) is 6.24. The molecule has 148 valence electrons. The van der Waals surface area contributed by atoms with Gasteiger partial charge in [-0.2, -0.15) is 10.2 Å². The molecule has 0 atom stereocenters. The van der Waals surface area contributed by atoms with Gasteiger partial charge in [-0.1, -0.05) is 29.0 Å². The van der Waals surface area contributed by atoms with Crippen LogP contribution in [0.2, 0.25) is 5.02 Å². The van der Waals surface area contributed by atoms with Crippen molar-refractivity contribution in [2.75, 3.05) is 5.32 Å². The van der Waals surface area contributed by atoms with Crippen LogP contribution in [0.25, 0.3) is 0 Å². The van der Waals surface area contributed by atoms with Gasteiger partial charge in [-0.15, -0.1) is 10.2 Å². The van der Waals surface area contributed by atoms with E-state index in [2.05, 4.69) is 25.7 Å². The van der Waals surface area contributed by atoms with Gasteiger partial charge in [-0.05, 0) is 12.1 Å². The standard InChI is InChI=1S/C16H12ClFN8O2S/c17-12-2-1-3-13(18)11(12)8-24-5-4-14(23-24)20-16-22-21-15(29-16)9-25-7-10(6-19-25)26(27)28/h1-7H,8-9H2,(H,20,22,23). The summed E-state index contributed by atoms with van der Waals surface area (Å²) in [7, 11) is 0. The van der Waals surface area contributed by atoms with Crippen molar-refractivity contribution < 1.29 is 9.31 Å². The van der Waals surface area contributed by atoms with Crippen LogP contribution >= 0.6 is 22.9 Å². The topological polar surface area (TPSA) is 117 Å². The van der Waals surface area contributed by atoms with Crippen LogP contribution in [0.3, 0.4) is 0 Å². The Morgan fingerprint density at radius 3 is 2.86 bits per heavy atom. The second-order valence-electron chi connectivity index (χ2n) is 5.88. The molecule has 1 N–H and O–H groups in total. The number of nitrogens with one attached hydrogen (secondary N) is 1. The van der Waals surface area contributed by atoms with E-state index in [1.54, 1.807) is 29.1 Å². The zero-order valence-electron chi connectivity index (χ0n) is 14.6. The molecule has 4 aromatic rings. The number of nitrogens with zero attached hydrogens (tertiary/aromatic N) is 7. The van der Waals surface area contributed by atoms with Crippen molar-refractivity contribution in [3.8, 4) is 0 Å². The van der Waals surface area contributed by atoms with E-state index in [9.17, 15) is 14.5 Å². The predicted molar refractivity (Wildman–Crippen MR) is 104 cm³/mol. The van der Waals surface area contributed by atoms with Gasteiger partial charge in [0.15, 0.2) is 5.82 Å². The molecule has 0 amide bonds. The normalized spacial score (nSPS) is 11.0. The Bertz CT molecular complexity index is 1150. The van der Waals surface area contributed by atoms with Gasteiger partial charge in [0, 0.05) is 22.8 Å². The van der Waals surface area contributed by atoms with Crippen LogP contribution in [0.5, 0.6) is 0 Å². The fourth-order valence-corrected chi connectivity index (χ4v) is 3.47. The lowest BCUT2D eigenvalue weighted by Gasteiger charge is -2.05. The van der Waals surface area contributed by atoms with Crippen LogP contribution < -0.4 is 5.32 Å². The first-order chi connectivity index (χ1) is 14.0. The molecule has 0 unspecified atom stereocenters. The minimum absolute atomic E-state index is 0.0895. The van der Waals surface area contributed by atoms with Crippen molar-refractivity contribution in [1.82, 2.24) is 29.8 Å². The Kier molecular flexibility index (Phi) is 5.18. The van der Waals surface area contributed by atoms with E-state index in [4.69, 9.17) is 11.6 Å². The lowest BCUT2D eigenvalue weighted by atomic mass is 10.2. The minimum atomic E-state index is -0.512. The SMILES string of the molecule is O=[N+]([O-])c1cnn(Cc2nnc(Nc3ccn(Cc4c(F)cccc4Cl)n3)s2)c1. The van der Waals surface area contributed by atoms with E-state index in [0.29, 0.717) is 26.5 Å². The van der Waals surface area contributed by atoms with Crippen LogP contribution in [0.4, 0.5) is 21.0 Å². The molecular weight excluding hydrogens is 423 g/mol. The third-order valence-corrected chi connectivity index (χ3v) is 5.03. The predicted octanol–water partition coefficient (Wildman–Crippen LogP) is 3.47. The number of anilines is 2. The first-order valence-corrected chi connectivity index (χ1v) is 9.40. The van der Waals surface area contributed by atoms with Crippen molar-refractivity contribution in [3.05, 3.63) is 74.4 Å². The van der Waals surface area contributed by atoms with Crippen LogP contribution in [0.1, 0.15) is 10.6 Å². The summed E-state index contributed by atoms with van der Waals surface area (Å²) in [6.07, 6.45) is 4.19. The van der Waals surface area contributed by atoms with Gasteiger partial charge in [0.2, 0.25) is 5.13 Å². The van der Waals surface area contributed by atoms with E-state index in [1.165, 1.54) is 34.5 Å². The van der Waals surface area contributed by atoms with E-state index in [-0.39, 0.29) is 18.8 Å². The van der Waals surface area contributed by atoms with Gasteiger partial charge >= 0.3 is 5.69 Å². The highest BCUT2D eigenvalue weighted by molar-refractivity contribution is 7.15. The number of hydrogen-bond acceptors (Lipinski definition) is 8. The molecule has 13 heteroatoms. The average Bonchev–Trinajstić information content (AvgIpc) is 3.41. The van der Waals surface area contributed by atoms with Crippen LogP contribution in [-0.4, -0.2) is 34.7 Å². The summed E-state index contributed by atoms with van der Waals surface area (Å²) < 4.78 is 16.9. The maximum absolute atomic E-state index is 13.9. The van der Waals surface area contributed by atoms with E-state index >= 15 is 0 Å². The summed E-state index contributed by atoms with van der Waals surface area (Å²) in [5.41, 5.74) is 0.267. The molecule has 0 saturated carbocycles. The maximum Gasteiger partial charge on any atom is 0.307 e. The second-order valence-corrected chi connectivity index (χ2v) is 7.35. The smallest absolute Gasteiger partial charge is 0.307 e. The second kappa shape index (κ2) is 7.93. The van der Waals surface area contributed by atoms with Crippen molar-refractivity contribution in [1.29, 1.82) is 0 Å². The molecule has 3 heterocycles. The van der Waals surface area contributed by atoms with E-state index in [1.807, 2.05) is 0 Å². The monoisotopic (exact) mass is 434 g/mol. The molecule has 10 nitrogen and oxygen atoms in total. The Morgan fingerprint density at radius 2 is 2.10 bits per heavy atom. The number of aromatic nitrogens is 6. The van der Waals surface area contributed by atoms with Crippen molar-refractivity contribution in [2.45, 2.75) is 13.1 Å². The number of hydrogen-bond donors (Lipinski definition) is 1. The number of halogens is 2. The Hall–Kier alpha value is -3.38. The highest BCUT2D eigenvalue weighted by Gasteiger charge is 2.12. The zero-order valence-corrected chi connectivity index (χ0v) is 16.1.